The number of halogens is 2. The second-order valence-corrected chi connectivity index (χ2v) is 7.34. The van der Waals surface area contributed by atoms with E-state index in [-0.39, 0.29) is 20.6 Å². The summed E-state index contributed by atoms with van der Waals surface area (Å²) in [6, 6.07) is 11.4. The number of sulfonamides is 1. The first-order valence-electron chi connectivity index (χ1n) is 6.82. The molecule has 2 aromatic carbocycles. The number of anilines is 1. The minimum absolute atomic E-state index is 0.0372. The molecule has 0 amide bonds. The number of hydrogen-bond donors (Lipinski definition) is 1. The van der Waals surface area contributed by atoms with Crippen LogP contribution in [-0.4, -0.2) is 20.5 Å². The third-order valence-electron chi connectivity index (χ3n) is 3.35. The van der Waals surface area contributed by atoms with Gasteiger partial charge < -0.3 is 4.74 Å². The van der Waals surface area contributed by atoms with Crippen molar-refractivity contribution in [3.05, 3.63) is 58.7 Å². The van der Waals surface area contributed by atoms with Gasteiger partial charge in [-0.05, 0) is 24.3 Å². The first-order chi connectivity index (χ1) is 11.4. The summed E-state index contributed by atoms with van der Waals surface area (Å²) in [5, 5.41) is 0.810. The molecule has 0 atom stereocenters. The van der Waals surface area contributed by atoms with Crippen LogP contribution in [0, 0.1) is 0 Å². The quantitative estimate of drug-likeness (QED) is 0.727. The topological polar surface area (TPSA) is 68.3 Å². The van der Waals surface area contributed by atoms with Crippen molar-refractivity contribution >= 4 is 49.8 Å². The Bertz CT molecular complexity index is 1000. The molecule has 1 N–H and O–H groups in total. The van der Waals surface area contributed by atoms with Crippen LogP contribution in [0.4, 0.5) is 5.69 Å². The maximum Gasteiger partial charge on any atom is 0.264 e. The normalized spacial score (nSPS) is 11.5. The summed E-state index contributed by atoms with van der Waals surface area (Å²) in [6.07, 6.45) is 1.58. The van der Waals surface area contributed by atoms with Crippen LogP contribution in [0.3, 0.4) is 0 Å². The van der Waals surface area contributed by atoms with Crippen LogP contribution >= 0.6 is 23.2 Å². The Kier molecular flexibility index (Phi) is 4.54. The summed E-state index contributed by atoms with van der Waals surface area (Å²) in [4.78, 5) is 4.05. The molecule has 124 valence electrons. The van der Waals surface area contributed by atoms with Crippen LogP contribution in [0.5, 0.6) is 5.75 Å². The largest absolute Gasteiger partial charge is 0.497 e. The number of pyridine rings is 1. The summed E-state index contributed by atoms with van der Waals surface area (Å²) >= 11 is 12.0. The smallest absolute Gasteiger partial charge is 0.264 e. The average Bonchev–Trinajstić information content (AvgIpc) is 2.54. The van der Waals surface area contributed by atoms with Crippen molar-refractivity contribution in [3.8, 4) is 5.75 Å². The molecule has 1 aromatic heterocycles. The number of fused-ring (bicyclic) bond motifs is 1. The van der Waals surface area contributed by atoms with Crippen LogP contribution in [-0.2, 0) is 10.0 Å². The minimum Gasteiger partial charge on any atom is -0.497 e. The average molecular weight is 383 g/mol. The first kappa shape index (κ1) is 16.8. The van der Waals surface area contributed by atoms with Crippen molar-refractivity contribution in [1.82, 2.24) is 4.98 Å². The number of nitrogens with zero attached hydrogens (tertiary/aromatic N) is 1. The highest BCUT2D eigenvalue weighted by Gasteiger charge is 2.23. The van der Waals surface area contributed by atoms with Crippen LogP contribution in [0.2, 0.25) is 10.0 Å². The number of rotatable bonds is 4. The molecule has 3 rings (SSSR count). The van der Waals surface area contributed by atoms with Gasteiger partial charge in [0.05, 0.1) is 28.4 Å². The molecule has 3 aromatic rings. The second kappa shape index (κ2) is 6.47. The molecule has 0 saturated carbocycles. The Hall–Kier alpha value is -2.02. The van der Waals surface area contributed by atoms with Crippen molar-refractivity contribution in [3.63, 3.8) is 0 Å². The molecule has 0 unspecified atom stereocenters. The lowest BCUT2D eigenvalue weighted by molar-refractivity contribution is 0.415. The summed E-state index contributed by atoms with van der Waals surface area (Å²) in [7, 11) is -2.50. The number of nitrogens with one attached hydrogen (secondary N) is 1. The van der Waals surface area contributed by atoms with E-state index in [1.165, 1.54) is 19.2 Å². The van der Waals surface area contributed by atoms with Crippen molar-refractivity contribution < 1.29 is 13.2 Å². The van der Waals surface area contributed by atoms with Gasteiger partial charge in [0.2, 0.25) is 0 Å². The van der Waals surface area contributed by atoms with E-state index in [9.17, 15) is 8.42 Å². The van der Waals surface area contributed by atoms with E-state index < -0.39 is 10.0 Å². The molecule has 0 aliphatic heterocycles. The molecule has 0 spiro atoms. The maximum atomic E-state index is 12.7. The van der Waals surface area contributed by atoms with Gasteiger partial charge in [-0.15, -0.1) is 0 Å². The van der Waals surface area contributed by atoms with Gasteiger partial charge in [0.25, 0.3) is 10.0 Å². The summed E-state index contributed by atoms with van der Waals surface area (Å²) in [6.45, 7) is 0. The lowest BCUT2D eigenvalue weighted by atomic mass is 10.2. The van der Waals surface area contributed by atoms with Crippen molar-refractivity contribution in [2.24, 2.45) is 0 Å². The Morgan fingerprint density at radius 3 is 2.46 bits per heavy atom. The fourth-order valence-electron chi connectivity index (χ4n) is 2.30. The van der Waals surface area contributed by atoms with Crippen LogP contribution in [0.25, 0.3) is 10.9 Å². The zero-order valence-electron chi connectivity index (χ0n) is 12.5. The van der Waals surface area contributed by atoms with Crippen molar-refractivity contribution in [2.45, 2.75) is 4.90 Å². The van der Waals surface area contributed by atoms with Crippen LogP contribution in [0.1, 0.15) is 0 Å². The van der Waals surface area contributed by atoms with Crippen LogP contribution < -0.4 is 9.46 Å². The van der Waals surface area contributed by atoms with E-state index in [4.69, 9.17) is 27.9 Å². The molecular weight excluding hydrogens is 371 g/mol. The molecule has 0 saturated heterocycles. The van der Waals surface area contributed by atoms with E-state index in [0.717, 1.165) is 5.39 Å². The zero-order chi connectivity index (χ0) is 17.3. The lowest BCUT2D eigenvalue weighted by Gasteiger charge is -2.13. The van der Waals surface area contributed by atoms with Gasteiger partial charge in [0.1, 0.15) is 10.6 Å². The highest BCUT2D eigenvalue weighted by Crippen LogP contribution is 2.33. The molecule has 0 aliphatic carbocycles. The first-order valence-corrected chi connectivity index (χ1v) is 9.06. The summed E-state index contributed by atoms with van der Waals surface area (Å²) in [5.74, 6) is 0.499. The Morgan fingerprint density at radius 1 is 1.08 bits per heavy atom. The molecular formula is C16H12Cl2N2O3S. The van der Waals surface area contributed by atoms with Crippen molar-refractivity contribution in [2.75, 3.05) is 11.8 Å². The predicted octanol–water partition coefficient (Wildman–Crippen LogP) is 4.35. The van der Waals surface area contributed by atoms with Gasteiger partial charge in [-0.25, -0.2) is 8.42 Å². The van der Waals surface area contributed by atoms with Crippen LogP contribution in [0.15, 0.2) is 53.6 Å². The summed E-state index contributed by atoms with van der Waals surface area (Å²) < 4.78 is 33.2. The van der Waals surface area contributed by atoms with E-state index in [1.54, 1.807) is 30.5 Å². The fraction of sp³-hybridized carbons (Fsp3) is 0.0625. The monoisotopic (exact) mass is 382 g/mol. The highest BCUT2D eigenvalue weighted by molar-refractivity contribution is 7.93. The summed E-state index contributed by atoms with van der Waals surface area (Å²) in [5.41, 5.74) is 0.769. The minimum atomic E-state index is -4.00. The maximum absolute atomic E-state index is 12.7. The molecule has 0 fully saturated rings. The van der Waals surface area contributed by atoms with Gasteiger partial charge in [-0.3, -0.25) is 9.71 Å². The Labute approximate surface area is 149 Å². The predicted molar refractivity (Wildman–Crippen MR) is 95.6 cm³/mol. The molecule has 24 heavy (non-hydrogen) atoms. The van der Waals surface area contributed by atoms with Gasteiger partial charge in [-0.2, -0.15) is 0 Å². The van der Waals surface area contributed by atoms with Gasteiger partial charge in [-0.1, -0.05) is 35.3 Å². The fourth-order valence-corrected chi connectivity index (χ4v) is 4.50. The Balaban J connectivity index is 2.16. The number of aromatic nitrogens is 1. The number of benzene rings is 2. The standard InChI is InChI=1S/C16H12Cl2N2O3S/c1-23-11-8-10-4-3-7-19-15(10)14(9-11)20-24(21,22)16-12(17)5-2-6-13(16)18/h2-9,20H,1H3. The molecule has 0 bridgehead atoms. The third kappa shape index (κ3) is 3.13. The second-order valence-electron chi connectivity index (χ2n) is 4.91. The number of ether oxygens (including phenoxy) is 1. The highest BCUT2D eigenvalue weighted by atomic mass is 35.5. The molecule has 8 heteroatoms. The van der Waals surface area contributed by atoms with Gasteiger partial charge in [0.15, 0.2) is 0 Å². The zero-order valence-corrected chi connectivity index (χ0v) is 14.8. The van der Waals surface area contributed by atoms with E-state index in [1.807, 2.05) is 6.07 Å². The Morgan fingerprint density at radius 2 is 1.79 bits per heavy atom. The number of methoxy groups -OCH3 is 1. The van der Waals surface area contributed by atoms with Gasteiger partial charge >= 0.3 is 0 Å². The molecule has 5 nitrogen and oxygen atoms in total. The SMILES string of the molecule is COc1cc(NS(=O)(=O)c2c(Cl)cccc2Cl)c2ncccc2c1. The van der Waals surface area contributed by atoms with E-state index in [2.05, 4.69) is 9.71 Å². The third-order valence-corrected chi connectivity index (χ3v) is 5.67. The molecule has 1 heterocycles. The molecule has 0 aliphatic rings. The van der Waals surface area contributed by atoms with E-state index >= 15 is 0 Å². The molecule has 0 radical (unpaired) electrons. The number of hydrogen-bond acceptors (Lipinski definition) is 4. The lowest BCUT2D eigenvalue weighted by Crippen LogP contribution is -2.14. The van der Waals surface area contributed by atoms with Crippen molar-refractivity contribution in [1.29, 1.82) is 0 Å². The van der Waals surface area contributed by atoms with Gasteiger partial charge in [0, 0.05) is 17.6 Å². The van der Waals surface area contributed by atoms with E-state index in [0.29, 0.717) is 11.3 Å².